The van der Waals surface area contributed by atoms with Gasteiger partial charge in [-0.2, -0.15) is 10.2 Å². The largest absolute Gasteiger partial charge is 0.508 e. The second kappa shape index (κ2) is 7.59. The number of H-pyrrole nitrogens is 1. The van der Waals surface area contributed by atoms with Gasteiger partial charge in [0.15, 0.2) is 0 Å². The van der Waals surface area contributed by atoms with Crippen molar-refractivity contribution in [1.82, 2.24) is 15.6 Å². The number of aryl methyl sites for hydroxylation is 1. The van der Waals surface area contributed by atoms with Crippen molar-refractivity contribution in [3.63, 3.8) is 0 Å². The maximum absolute atomic E-state index is 12.1. The zero-order valence-electron chi connectivity index (χ0n) is 13.6. The predicted molar refractivity (Wildman–Crippen MR) is 102 cm³/mol. The van der Waals surface area contributed by atoms with Crippen LogP contribution < -0.4 is 5.43 Å². The van der Waals surface area contributed by atoms with Crippen LogP contribution >= 0.6 is 23.2 Å². The van der Waals surface area contributed by atoms with Gasteiger partial charge in [0.1, 0.15) is 11.4 Å². The molecule has 3 N–H and O–H groups in total. The van der Waals surface area contributed by atoms with Crippen molar-refractivity contribution in [1.29, 1.82) is 0 Å². The molecule has 1 amide bonds. The number of amides is 1. The highest BCUT2D eigenvalue weighted by atomic mass is 35.5. The van der Waals surface area contributed by atoms with E-state index in [2.05, 4.69) is 20.7 Å². The molecule has 132 valence electrons. The summed E-state index contributed by atoms with van der Waals surface area (Å²) in [4.78, 5) is 12.1. The summed E-state index contributed by atoms with van der Waals surface area (Å²) in [7, 11) is 0. The van der Waals surface area contributed by atoms with E-state index in [1.54, 1.807) is 49.4 Å². The molecular weight excluding hydrogens is 375 g/mol. The minimum atomic E-state index is -0.444. The normalized spacial score (nSPS) is 11.0. The maximum Gasteiger partial charge on any atom is 0.289 e. The van der Waals surface area contributed by atoms with Gasteiger partial charge in [-0.25, -0.2) is 5.43 Å². The number of phenolic OH excluding ortho intramolecular Hbond substituents is 1. The molecule has 0 aliphatic heterocycles. The van der Waals surface area contributed by atoms with Crippen molar-refractivity contribution in [3.05, 3.63) is 69.3 Å². The van der Waals surface area contributed by atoms with Crippen LogP contribution in [0.15, 0.2) is 47.6 Å². The fourth-order valence-corrected chi connectivity index (χ4v) is 2.76. The average molecular weight is 389 g/mol. The Morgan fingerprint density at radius 1 is 1.23 bits per heavy atom. The molecule has 3 rings (SSSR count). The number of carbonyl (C=O) groups is 1. The Balaban J connectivity index is 1.70. The first kappa shape index (κ1) is 18.0. The Morgan fingerprint density at radius 2 is 2.04 bits per heavy atom. The number of hydrogen-bond donors (Lipinski definition) is 3. The lowest BCUT2D eigenvalue weighted by molar-refractivity contribution is 0.0950. The van der Waals surface area contributed by atoms with E-state index in [1.807, 2.05) is 0 Å². The minimum absolute atomic E-state index is 0.206. The molecule has 0 bridgehead atoms. The molecule has 0 spiro atoms. The number of hydrogen-bond acceptors (Lipinski definition) is 4. The number of aromatic amines is 1. The van der Waals surface area contributed by atoms with Crippen molar-refractivity contribution in [2.24, 2.45) is 5.10 Å². The monoisotopic (exact) mass is 388 g/mol. The van der Waals surface area contributed by atoms with Crippen molar-refractivity contribution >= 4 is 35.3 Å². The van der Waals surface area contributed by atoms with Crippen LogP contribution in [0.3, 0.4) is 0 Å². The highest BCUT2D eigenvalue weighted by Gasteiger charge is 2.12. The van der Waals surface area contributed by atoms with Gasteiger partial charge in [-0.05, 0) is 60.5 Å². The first-order valence-corrected chi connectivity index (χ1v) is 8.33. The molecular formula is C18H14Cl2N4O2. The van der Waals surface area contributed by atoms with Crippen LogP contribution in [0.25, 0.3) is 11.3 Å². The molecule has 0 saturated carbocycles. The molecule has 8 heteroatoms. The third kappa shape index (κ3) is 4.04. The number of aromatic nitrogens is 2. The SMILES string of the molecule is Cc1cc(/C=N/NC(=O)c2cc(-c3ccc(Cl)cc3Cl)n[nH]2)ccc1O. The van der Waals surface area contributed by atoms with Gasteiger partial charge in [0.2, 0.25) is 0 Å². The first-order valence-electron chi connectivity index (χ1n) is 7.58. The van der Waals surface area contributed by atoms with Gasteiger partial charge in [-0.15, -0.1) is 0 Å². The second-order valence-electron chi connectivity index (χ2n) is 5.54. The van der Waals surface area contributed by atoms with Crippen LogP contribution in [0, 0.1) is 6.92 Å². The molecule has 3 aromatic rings. The lowest BCUT2D eigenvalue weighted by Crippen LogP contribution is -2.18. The molecule has 0 unspecified atom stereocenters. The second-order valence-corrected chi connectivity index (χ2v) is 6.38. The van der Waals surface area contributed by atoms with Gasteiger partial charge in [0.25, 0.3) is 5.91 Å². The number of nitrogens with one attached hydrogen (secondary N) is 2. The summed E-state index contributed by atoms with van der Waals surface area (Å²) in [5.41, 5.74) is 5.31. The lowest BCUT2D eigenvalue weighted by Gasteiger charge is -2.00. The Kier molecular flexibility index (Phi) is 5.25. The van der Waals surface area contributed by atoms with Crippen molar-refractivity contribution in [2.75, 3.05) is 0 Å². The van der Waals surface area contributed by atoms with Crippen LogP contribution in [0.4, 0.5) is 0 Å². The van der Waals surface area contributed by atoms with E-state index in [1.165, 1.54) is 6.21 Å². The fourth-order valence-electron chi connectivity index (χ4n) is 2.26. The van der Waals surface area contributed by atoms with Crippen LogP contribution in [0.5, 0.6) is 5.75 Å². The lowest BCUT2D eigenvalue weighted by atomic mass is 10.1. The molecule has 0 saturated heterocycles. The molecule has 1 heterocycles. The summed E-state index contributed by atoms with van der Waals surface area (Å²) in [6, 6.07) is 11.6. The Bertz CT molecular complexity index is 999. The molecule has 0 fully saturated rings. The zero-order valence-corrected chi connectivity index (χ0v) is 15.1. The summed E-state index contributed by atoms with van der Waals surface area (Å²) in [6.07, 6.45) is 1.48. The molecule has 1 aromatic heterocycles. The zero-order chi connectivity index (χ0) is 18.7. The van der Waals surface area contributed by atoms with E-state index in [0.717, 1.165) is 11.1 Å². The topological polar surface area (TPSA) is 90.4 Å². The van der Waals surface area contributed by atoms with Crippen molar-refractivity contribution in [2.45, 2.75) is 6.92 Å². The van der Waals surface area contributed by atoms with Crippen molar-refractivity contribution in [3.8, 4) is 17.0 Å². The number of aromatic hydroxyl groups is 1. The van der Waals surface area contributed by atoms with Crippen LogP contribution in [0.2, 0.25) is 10.0 Å². The van der Waals surface area contributed by atoms with E-state index in [0.29, 0.717) is 21.3 Å². The van der Waals surface area contributed by atoms with Gasteiger partial charge in [0, 0.05) is 10.6 Å². The molecule has 26 heavy (non-hydrogen) atoms. The third-order valence-corrected chi connectivity index (χ3v) is 4.18. The molecule has 0 aliphatic carbocycles. The molecule has 0 atom stereocenters. The summed E-state index contributed by atoms with van der Waals surface area (Å²) in [6.45, 7) is 1.78. The van der Waals surface area contributed by atoms with Gasteiger partial charge in [-0.3, -0.25) is 9.89 Å². The number of nitrogens with zero attached hydrogens (tertiary/aromatic N) is 2. The standard InChI is InChI=1S/C18H14Cl2N4O2/c1-10-6-11(2-5-17(10)25)9-21-24-18(26)16-8-15(22-23-16)13-4-3-12(19)7-14(13)20/h2-9,25H,1H3,(H,22,23)(H,24,26)/b21-9+. The smallest absolute Gasteiger partial charge is 0.289 e. The van der Waals surface area contributed by atoms with Gasteiger partial charge in [-0.1, -0.05) is 23.2 Å². The number of benzene rings is 2. The highest BCUT2D eigenvalue weighted by Crippen LogP contribution is 2.29. The fraction of sp³-hybridized carbons (Fsp3) is 0.0556. The van der Waals surface area contributed by atoms with E-state index >= 15 is 0 Å². The van der Waals surface area contributed by atoms with Crippen LogP contribution in [-0.2, 0) is 0 Å². The van der Waals surface area contributed by atoms with E-state index in [9.17, 15) is 9.90 Å². The highest BCUT2D eigenvalue weighted by molar-refractivity contribution is 6.36. The van der Waals surface area contributed by atoms with Crippen LogP contribution in [-0.4, -0.2) is 27.4 Å². The maximum atomic E-state index is 12.1. The van der Waals surface area contributed by atoms with E-state index in [4.69, 9.17) is 23.2 Å². The molecule has 2 aromatic carbocycles. The first-order chi connectivity index (χ1) is 12.4. The molecule has 6 nitrogen and oxygen atoms in total. The van der Waals surface area contributed by atoms with Gasteiger partial charge >= 0.3 is 0 Å². The quantitative estimate of drug-likeness (QED) is 0.462. The van der Waals surface area contributed by atoms with E-state index in [-0.39, 0.29) is 11.4 Å². The van der Waals surface area contributed by atoms with Gasteiger partial charge in [0.05, 0.1) is 16.9 Å². The summed E-state index contributed by atoms with van der Waals surface area (Å²) >= 11 is 12.0. The molecule has 0 aliphatic rings. The number of carbonyl (C=O) groups excluding carboxylic acids is 1. The number of halogens is 2. The van der Waals surface area contributed by atoms with Crippen LogP contribution in [0.1, 0.15) is 21.6 Å². The minimum Gasteiger partial charge on any atom is -0.508 e. The summed E-state index contributed by atoms with van der Waals surface area (Å²) in [5, 5.41) is 21.1. The summed E-state index contributed by atoms with van der Waals surface area (Å²) in [5.74, 6) is -0.238. The average Bonchev–Trinajstić information content (AvgIpc) is 3.08. The van der Waals surface area contributed by atoms with E-state index < -0.39 is 5.91 Å². The number of phenols is 1. The summed E-state index contributed by atoms with van der Waals surface area (Å²) < 4.78 is 0. The Labute approximate surface area is 159 Å². The van der Waals surface area contributed by atoms with Crippen molar-refractivity contribution < 1.29 is 9.90 Å². The Morgan fingerprint density at radius 3 is 2.77 bits per heavy atom. The van der Waals surface area contributed by atoms with Gasteiger partial charge < -0.3 is 5.11 Å². The number of rotatable bonds is 4. The molecule has 0 radical (unpaired) electrons. The number of hydrazone groups is 1. The third-order valence-electron chi connectivity index (χ3n) is 3.63. The Hall–Kier alpha value is -2.83. The predicted octanol–water partition coefficient (Wildman–Crippen LogP) is 4.16.